The topological polar surface area (TPSA) is 249 Å². The third-order valence-electron chi connectivity index (χ3n) is 14.1. The van der Waals surface area contributed by atoms with Gasteiger partial charge in [-0.05, 0) is 87.0 Å². The number of rotatable bonds is 13. The maximum absolute atomic E-state index is 14.7. The summed E-state index contributed by atoms with van der Waals surface area (Å²) in [5.74, 6) is -5.89. The number of methoxy groups -OCH3 is 1. The van der Waals surface area contributed by atoms with Gasteiger partial charge in [0, 0.05) is 67.7 Å². The number of nitrogens with zero attached hydrogens (tertiary/aromatic N) is 2. The molecule has 3 saturated heterocycles. The van der Waals surface area contributed by atoms with Gasteiger partial charge in [-0.3, -0.25) is 14.4 Å². The van der Waals surface area contributed by atoms with Crippen LogP contribution in [0, 0.1) is 23.7 Å². The predicted octanol–water partition coefficient (Wildman–Crippen LogP) is 3.23. The van der Waals surface area contributed by atoms with Crippen LogP contribution in [0.4, 0.5) is 0 Å². The van der Waals surface area contributed by atoms with Crippen molar-refractivity contribution in [1.29, 1.82) is 0 Å². The molecule has 66 heavy (non-hydrogen) atoms. The van der Waals surface area contributed by atoms with Gasteiger partial charge in [0.25, 0.3) is 0 Å². The number of esters is 1. The first kappa shape index (κ1) is 54.0. The quantitative estimate of drug-likeness (QED) is 0.158. The lowest BCUT2D eigenvalue weighted by molar-refractivity contribution is -0.318. The van der Waals surface area contributed by atoms with E-state index in [0.717, 1.165) is 9.75 Å². The molecule has 2 aromatic rings. The van der Waals surface area contributed by atoms with E-state index in [4.69, 9.17) is 32.9 Å². The Kier molecular flexibility index (Phi) is 18.2. The molecule has 18 nitrogen and oxygen atoms in total. The minimum absolute atomic E-state index is 0.0380. The summed E-state index contributed by atoms with van der Waals surface area (Å²) in [5.41, 5.74) is -4.49. The average Bonchev–Trinajstić information content (AvgIpc) is 3.98. The molecule has 374 valence electrons. The van der Waals surface area contributed by atoms with Crippen molar-refractivity contribution in [2.24, 2.45) is 23.7 Å². The number of amides is 1. The summed E-state index contributed by atoms with van der Waals surface area (Å²) in [6.07, 6.45) is -9.00. The maximum atomic E-state index is 14.7. The van der Waals surface area contributed by atoms with Crippen LogP contribution >= 0.6 is 11.3 Å². The Hall–Kier alpha value is -2.92. The van der Waals surface area contributed by atoms with E-state index in [1.54, 1.807) is 40.7 Å². The number of hydrogen-bond acceptors (Lipinski definition) is 18. The van der Waals surface area contributed by atoms with E-state index in [1.165, 1.54) is 45.5 Å². The molecule has 0 aliphatic carbocycles. The summed E-state index contributed by atoms with van der Waals surface area (Å²) in [4.78, 5) is 45.7. The van der Waals surface area contributed by atoms with Crippen LogP contribution in [0.5, 0.6) is 0 Å². The highest BCUT2D eigenvalue weighted by molar-refractivity contribution is 7.15. The smallest absolute Gasteiger partial charge is 0.311 e. The van der Waals surface area contributed by atoms with Gasteiger partial charge in [0.15, 0.2) is 12.6 Å². The number of cyclic esters (lactones) is 1. The van der Waals surface area contributed by atoms with Gasteiger partial charge in [-0.25, -0.2) is 0 Å². The molecule has 8 unspecified atom stereocenters. The number of hydrogen-bond donors (Lipinski definition) is 6. The molecule has 0 saturated carbocycles. The van der Waals surface area contributed by atoms with Crippen molar-refractivity contribution in [2.75, 3.05) is 27.7 Å². The van der Waals surface area contributed by atoms with Crippen LogP contribution in [-0.4, -0.2) is 165 Å². The normalized spacial score (nSPS) is 41.0. The number of aryl methyl sites for hydroxylation is 1. The second-order valence-corrected chi connectivity index (χ2v) is 21.0. The Labute approximate surface area is 392 Å². The van der Waals surface area contributed by atoms with E-state index in [-0.39, 0.29) is 50.3 Å². The molecule has 3 aliphatic rings. The summed E-state index contributed by atoms with van der Waals surface area (Å²) in [7, 11) is 5.14. The number of ketones is 1. The minimum atomic E-state index is -2.21. The average molecular weight is 954 g/mol. The van der Waals surface area contributed by atoms with Crippen LogP contribution in [0.3, 0.4) is 0 Å². The Morgan fingerprint density at radius 3 is 2.29 bits per heavy atom. The fourth-order valence-electron chi connectivity index (χ4n) is 9.92. The van der Waals surface area contributed by atoms with E-state index in [9.17, 15) is 39.9 Å². The highest BCUT2D eigenvalue weighted by Gasteiger charge is 2.53. The van der Waals surface area contributed by atoms with Crippen molar-refractivity contribution in [3.05, 3.63) is 29.3 Å². The molecule has 0 spiro atoms. The number of carbonyl (C=O) groups is 3. The molecule has 0 radical (unpaired) electrons. The summed E-state index contributed by atoms with van der Waals surface area (Å²) < 4.78 is 42.6. The van der Waals surface area contributed by atoms with Crippen molar-refractivity contribution < 1.29 is 72.9 Å². The molecule has 0 aromatic carbocycles. The highest BCUT2D eigenvalue weighted by atomic mass is 32.1. The van der Waals surface area contributed by atoms with Crippen molar-refractivity contribution in [1.82, 2.24) is 15.4 Å². The number of aromatic nitrogens is 1. The van der Waals surface area contributed by atoms with E-state index >= 15 is 0 Å². The second kappa shape index (κ2) is 22.2. The Bertz CT molecular complexity index is 1890. The number of ether oxygens (including phenoxy) is 6. The maximum Gasteiger partial charge on any atom is 0.311 e. The Morgan fingerprint density at radius 2 is 1.65 bits per heavy atom. The lowest BCUT2D eigenvalue weighted by Gasteiger charge is -2.49. The van der Waals surface area contributed by atoms with Gasteiger partial charge in [0.05, 0.1) is 52.5 Å². The van der Waals surface area contributed by atoms with Crippen LogP contribution in [0.2, 0.25) is 0 Å². The fraction of sp³-hybridized carbons (Fsp3) is 0.787. The summed E-state index contributed by atoms with van der Waals surface area (Å²) in [6.45, 7) is 14.3. The monoisotopic (exact) mass is 953 g/mol. The van der Waals surface area contributed by atoms with E-state index < -0.39 is 108 Å². The van der Waals surface area contributed by atoms with Crippen molar-refractivity contribution in [3.63, 3.8) is 0 Å². The zero-order chi connectivity index (χ0) is 49.1. The Morgan fingerprint density at radius 1 is 0.955 bits per heavy atom. The first-order valence-electron chi connectivity index (χ1n) is 23.1. The first-order chi connectivity index (χ1) is 30.8. The molecule has 5 heterocycles. The number of likely N-dealkylation sites (N-methyl/N-ethyl adjacent to an activating group) is 1. The second-order valence-electron chi connectivity index (χ2n) is 19.9. The zero-order valence-electron chi connectivity index (χ0n) is 40.5. The summed E-state index contributed by atoms with van der Waals surface area (Å²) in [6, 6.07) is 5.21. The molecule has 2 aromatic heterocycles. The van der Waals surface area contributed by atoms with E-state index in [2.05, 4.69) is 10.5 Å². The molecule has 19 heteroatoms. The first-order valence-corrected chi connectivity index (χ1v) is 24.0. The third-order valence-corrected chi connectivity index (χ3v) is 15.3. The number of nitrogens with one attached hydrogen (secondary N) is 1. The van der Waals surface area contributed by atoms with Gasteiger partial charge < -0.3 is 68.7 Å². The molecule has 3 fully saturated rings. The molecular formula is C47H75N3O15S. The SMILES string of the molecule is COC1(C)CC(O[C@H]2[C@H](C)[C@@H](OC3OC(C)CC(N(C)C)C3O)[C@](C)(O)C[C@@H](C)C(=O)[C@H](C)[C@@H](O)[C@](C)(O)[C@@H](CCNC(=O)CCc3ccc(-c4ccon4)s3)OC(=O)[C@@H]2C)OC(C)C1O. The molecule has 1 amide bonds. The number of aliphatic hydroxyl groups is 5. The molecule has 0 bridgehead atoms. The van der Waals surface area contributed by atoms with Gasteiger partial charge in [-0.15, -0.1) is 11.3 Å². The van der Waals surface area contributed by atoms with Crippen molar-refractivity contribution in [3.8, 4) is 10.6 Å². The Balaban J connectivity index is 1.47. The van der Waals surface area contributed by atoms with Crippen LogP contribution in [0.1, 0.15) is 99.3 Å². The van der Waals surface area contributed by atoms with Gasteiger partial charge in [-0.1, -0.05) is 25.9 Å². The number of Topliss-reactive ketones (excluding diaryl/α,β-unsaturated/α-hetero) is 1. The number of aliphatic hydroxyl groups excluding tert-OH is 3. The fourth-order valence-corrected chi connectivity index (χ4v) is 10.9. The standard InChI is InChI=1S/C47H75N3O15S/c1-24-22-45(7,57)42(65-44-38(53)32(50(10)11)21-25(2)61-44)27(4)39(64-36-23-46(8,59-12)41(55)29(6)62-36)28(5)43(56)63-34(47(9,58)40(54)26(3)37(24)52)17-19-48-35(51)16-14-30-13-15-33(66-30)31-18-20-60-49-31/h13,15,18,20,24-29,32,34,36,38-42,44,53-55,57-58H,14,16-17,19,21-23H2,1-12H3,(H,48,51)/t24-,25?,26+,27+,28-,29?,32?,34-,36?,38?,39+,40-,41?,42-,44?,45-,46?,47-/m1/s1. The lowest BCUT2D eigenvalue weighted by Crippen LogP contribution is -2.61. The third kappa shape index (κ3) is 12.4. The summed E-state index contributed by atoms with van der Waals surface area (Å²) >= 11 is 1.49. The van der Waals surface area contributed by atoms with E-state index in [1.807, 2.05) is 38.1 Å². The van der Waals surface area contributed by atoms with Gasteiger partial charge >= 0.3 is 5.97 Å². The number of carbonyl (C=O) groups excluding carboxylic acids is 3. The van der Waals surface area contributed by atoms with Gasteiger partial charge in [0.1, 0.15) is 41.7 Å². The zero-order valence-corrected chi connectivity index (χ0v) is 41.4. The van der Waals surface area contributed by atoms with Crippen LogP contribution < -0.4 is 5.32 Å². The van der Waals surface area contributed by atoms with Crippen LogP contribution in [0.15, 0.2) is 29.0 Å². The van der Waals surface area contributed by atoms with Crippen molar-refractivity contribution >= 4 is 29.0 Å². The lowest BCUT2D eigenvalue weighted by atomic mass is 9.74. The molecule has 6 N–H and O–H groups in total. The van der Waals surface area contributed by atoms with Gasteiger partial charge in [0.2, 0.25) is 5.91 Å². The molecule has 3 aliphatic heterocycles. The summed E-state index contributed by atoms with van der Waals surface area (Å²) in [5, 5.41) is 66.0. The molecule has 18 atom stereocenters. The molecular weight excluding hydrogens is 879 g/mol. The largest absolute Gasteiger partial charge is 0.459 e. The van der Waals surface area contributed by atoms with Crippen LogP contribution in [-0.2, 0) is 49.2 Å². The van der Waals surface area contributed by atoms with Crippen molar-refractivity contribution in [2.45, 2.75) is 185 Å². The van der Waals surface area contributed by atoms with E-state index in [0.29, 0.717) is 18.5 Å². The van der Waals surface area contributed by atoms with Crippen LogP contribution in [0.25, 0.3) is 10.6 Å². The predicted molar refractivity (Wildman–Crippen MR) is 242 cm³/mol. The highest BCUT2D eigenvalue weighted by Crippen LogP contribution is 2.41. The number of thiophene rings is 1. The minimum Gasteiger partial charge on any atom is -0.459 e. The van der Waals surface area contributed by atoms with Gasteiger partial charge in [-0.2, -0.15) is 0 Å². The molecule has 5 rings (SSSR count).